The summed E-state index contributed by atoms with van der Waals surface area (Å²) in [6.07, 6.45) is 7.42. The Balaban J connectivity index is 1.24. The number of amides is 2. The molecule has 2 N–H and O–H groups in total. The normalized spacial score (nSPS) is 18.4. The molecule has 1 aliphatic heterocycles. The van der Waals surface area contributed by atoms with Crippen molar-refractivity contribution < 1.29 is 23.1 Å². The molecule has 200 valence electrons. The molecule has 1 aromatic heterocycles. The van der Waals surface area contributed by atoms with Crippen LogP contribution >= 0.6 is 11.6 Å². The van der Waals surface area contributed by atoms with Gasteiger partial charge in [0, 0.05) is 45.7 Å². The fraction of sp³-hybridized carbons (Fsp3) is 0.520. The van der Waals surface area contributed by atoms with Gasteiger partial charge in [-0.25, -0.2) is 23.5 Å². The average Bonchev–Trinajstić information content (AvgIpc) is 2.91. The van der Waals surface area contributed by atoms with Crippen molar-refractivity contribution in [1.82, 2.24) is 15.3 Å². The van der Waals surface area contributed by atoms with Gasteiger partial charge in [0.2, 0.25) is 5.95 Å². The lowest BCUT2D eigenvalue weighted by Crippen LogP contribution is -2.37. The van der Waals surface area contributed by atoms with E-state index in [4.69, 9.17) is 21.2 Å². The van der Waals surface area contributed by atoms with Gasteiger partial charge >= 0.3 is 6.03 Å². The van der Waals surface area contributed by atoms with Crippen LogP contribution in [0.4, 0.5) is 25.2 Å². The van der Waals surface area contributed by atoms with E-state index in [1.54, 1.807) is 12.4 Å². The minimum Gasteiger partial charge on any atom is -0.392 e. The summed E-state index contributed by atoms with van der Waals surface area (Å²) in [6.45, 7) is 2.12. The molecule has 4 rings (SSSR count). The minimum atomic E-state index is -0.670. The number of hydrogen-bond donors (Lipinski definition) is 2. The summed E-state index contributed by atoms with van der Waals surface area (Å²) >= 11 is 5.86. The number of nitrogens with one attached hydrogen (secondary N) is 2. The van der Waals surface area contributed by atoms with Crippen LogP contribution in [-0.2, 0) is 9.57 Å². The Kier molecular flexibility index (Phi) is 9.45. The molecule has 2 amide bonds. The van der Waals surface area contributed by atoms with Crippen molar-refractivity contribution >= 4 is 35.0 Å². The zero-order chi connectivity index (χ0) is 26.2. The number of methoxy groups -OCH3 is 1. The molecule has 0 unspecified atom stereocenters. The van der Waals surface area contributed by atoms with E-state index in [9.17, 15) is 13.6 Å². The quantitative estimate of drug-likeness (QED) is 0.368. The van der Waals surface area contributed by atoms with Crippen LogP contribution in [0.3, 0.4) is 0 Å². The molecule has 1 saturated heterocycles. The summed E-state index contributed by atoms with van der Waals surface area (Å²) in [5.41, 5.74) is 1.06. The molecule has 1 aliphatic carbocycles. The maximum Gasteiger partial charge on any atom is 0.319 e. The van der Waals surface area contributed by atoms with Gasteiger partial charge in [-0.2, -0.15) is 0 Å². The van der Waals surface area contributed by atoms with Crippen molar-refractivity contribution in [2.45, 2.75) is 50.5 Å². The van der Waals surface area contributed by atoms with Crippen LogP contribution in [0, 0.1) is 11.6 Å². The number of rotatable bonds is 8. The van der Waals surface area contributed by atoms with Gasteiger partial charge in [0.25, 0.3) is 0 Å². The molecule has 0 bridgehead atoms. The number of carbonyl (C=O) groups is 1. The summed E-state index contributed by atoms with van der Waals surface area (Å²) in [5.74, 6) is -0.672. The van der Waals surface area contributed by atoms with E-state index >= 15 is 0 Å². The van der Waals surface area contributed by atoms with Gasteiger partial charge in [0.15, 0.2) is 0 Å². The maximum atomic E-state index is 14.8. The Hall–Kier alpha value is -3.05. The number of ether oxygens (including phenoxy) is 1. The Morgan fingerprint density at radius 1 is 1.14 bits per heavy atom. The van der Waals surface area contributed by atoms with E-state index in [0.29, 0.717) is 48.8 Å². The van der Waals surface area contributed by atoms with Crippen LogP contribution in [0.1, 0.15) is 50.0 Å². The molecule has 2 heterocycles. The Labute approximate surface area is 219 Å². The predicted molar refractivity (Wildman–Crippen MR) is 137 cm³/mol. The second kappa shape index (κ2) is 13.0. The lowest BCUT2D eigenvalue weighted by molar-refractivity contribution is 0.0406. The molecular weight excluding hydrogens is 506 g/mol. The predicted octanol–water partition coefficient (Wildman–Crippen LogP) is 4.88. The number of nitrogens with zero attached hydrogens (tertiary/aromatic N) is 4. The van der Waals surface area contributed by atoms with Crippen molar-refractivity contribution in [2.75, 3.05) is 43.6 Å². The summed E-state index contributed by atoms with van der Waals surface area (Å²) in [7, 11) is 1.50. The number of hydrogen-bond acceptors (Lipinski definition) is 7. The van der Waals surface area contributed by atoms with Crippen LogP contribution in [-0.4, -0.2) is 61.2 Å². The van der Waals surface area contributed by atoms with Crippen LogP contribution < -0.4 is 15.5 Å². The number of benzene rings is 1. The van der Waals surface area contributed by atoms with E-state index in [0.717, 1.165) is 37.7 Å². The molecule has 37 heavy (non-hydrogen) atoms. The standard InChI is InChI=1S/C25H31ClF2N6O3/c1-36-11-8-29-25(35)32-23-13-21(27)20(12-22(23)28)16-2-4-18(5-3-16)33-37-19-6-9-34(10-7-19)24-30-14-17(26)15-31-24/h12-16,19H,2-11H2,1H3,(H2,29,32,35). The third-order valence-electron chi connectivity index (χ3n) is 6.59. The number of oxime groups is 1. The van der Waals surface area contributed by atoms with Crippen LogP contribution in [0.5, 0.6) is 0 Å². The van der Waals surface area contributed by atoms with Gasteiger partial charge in [0.1, 0.15) is 17.7 Å². The highest BCUT2D eigenvalue weighted by Crippen LogP contribution is 2.35. The first-order valence-corrected chi connectivity index (χ1v) is 12.8. The van der Waals surface area contributed by atoms with E-state index in [-0.39, 0.29) is 24.3 Å². The highest BCUT2D eigenvalue weighted by atomic mass is 35.5. The number of anilines is 2. The first-order valence-electron chi connectivity index (χ1n) is 12.4. The molecule has 2 aromatic rings. The number of piperidine rings is 1. The van der Waals surface area contributed by atoms with Gasteiger partial charge in [-0.1, -0.05) is 16.8 Å². The zero-order valence-corrected chi connectivity index (χ0v) is 21.4. The Morgan fingerprint density at radius 2 is 1.84 bits per heavy atom. The zero-order valence-electron chi connectivity index (χ0n) is 20.7. The highest BCUT2D eigenvalue weighted by molar-refractivity contribution is 6.30. The Morgan fingerprint density at radius 3 is 2.51 bits per heavy atom. The highest BCUT2D eigenvalue weighted by Gasteiger charge is 2.26. The number of aromatic nitrogens is 2. The lowest BCUT2D eigenvalue weighted by atomic mass is 9.83. The van der Waals surface area contributed by atoms with Crippen molar-refractivity contribution in [3.05, 3.63) is 46.7 Å². The molecule has 1 saturated carbocycles. The first kappa shape index (κ1) is 27.0. The third kappa shape index (κ3) is 7.48. The largest absolute Gasteiger partial charge is 0.392 e. The molecule has 12 heteroatoms. The Bertz CT molecular complexity index is 1090. The van der Waals surface area contributed by atoms with Gasteiger partial charge in [0.05, 0.1) is 35.4 Å². The molecular formula is C25H31ClF2N6O3. The molecule has 0 radical (unpaired) electrons. The van der Waals surface area contributed by atoms with Crippen LogP contribution in [0.15, 0.2) is 29.7 Å². The van der Waals surface area contributed by atoms with Crippen LogP contribution in [0.2, 0.25) is 5.02 Å². The van der Waals surface area contributed by atoms with Crippen LogP contribution in [0.25, 0.3) is 0 Å². The lowest BCUT2D eigenvalue weighted by Gasteiger charge is -2.31. The number of urea groups is 1. The van der Waals surface area contributed by atoms with E-state index in [2.05, 4.69) is 30.7 Å². The van der Waals surface area contributed by atoms with Crippen molar-refractivity contribution in [1.29, 1.82) is 0 Å². The van der Waals surface area contributed by atoms with Crippen molar-refractivity contribution in [3.8, 4) is 0 Å². The van der Waals surface area contributed by atoms with Crippen molar-refractivity contribution in [2.24, 2.45) is 5.16 Å². The molecule has 9 nitrogen and oxygen atoms in total. The first-order chi connectivity index (χ1) is 17.9. The molecule has 0 atom stereocenters. The van der Waals surface area contributed by atoms with Gasteiger partial charge in [-0.15, -0.1) is 0 Å². The number of carbonyl (C=O) groups excluding carboxylic acids is 1. The summed E-state index contributed by atoms with van der Waals surface area (Å²) < 4.78 is 34.2. The SMILES string of the molecule is COCCNC(=O)Nc1cc(F)c(C2CCC(=NOC3CCN(c4ncc(Cl)cn4)CC3)CC2)cc1F. The third-order valence-corrected chi connectivity index (χ3v) is 6.79. The average molecular weight is 537 g/mol. The smallest absolute Gasteiger partial charge is 0.319 e. The summed E-state index contributed by atoms with van der Waals surface area (Å²) in [6, 6.07) is 1.60. The van der Waals surface area contributed by atoms with Crippen molar-refractivity contribution in [3.63, 3.8) is 0 Å². The second-order valence-electron chi connectivity index (χ2n) is 9.15. The van der Waals surface area contributed by atoms with Gasteiger partial charge in [-0.05, 0) is 43.2 Å². The molecule has 2 aliphatic rings. The van der Waals surface area contributed by atoms with E-state index < -0.39 is 17.7 Å². The van der Waals surface area contributed by atoms with E-state index in [1.165, 1.54) is 13.2 Å². The summed E-state index contributed by atoms with van der Waals surface area (Å²) in [4.78, 5) is 28.3. The fourth-order valence-corrected chi connectivity index (χ4v) is 4.63. The fourth-order valence-electron chi connectivity index (χ4n) is 4.54. The summed E-state index contributed by atoms with van der Waals surface area (Å²) in [5, 5.41) is 9.73. The van der Waals surface area contributed by atoms with Gasteiger partial charge in [-0.3, -0.25) is 0 Å². The molecule has 2 fully saturated rings. The second-order valence-corrected chi connectivity index (χ2v) is 9.59. The molecule has 0 spiro atoms. The monoisotopic (exact) mass is 536 g/mol. The minimum absolute atomic E-state index is 0.0204. The maximum absolute atomic E-state index is 14.8. The molecule has 1 aromatic carbocycles. The number of halogens is 3. The van der Waals surface area contributed by atoms with Gasteiger partial charge < -0.3 is 25.1 Å². The topological polar surface area (TPSA) is 101 Å². The van der Waals surface area contributed by atoms with E-state index in [1.807, 2.05) is 0 Å².